The third kappa shape index (κ3) is 2.52. The van der Waals surface area contributed by atoms with Crippen molar-refractivity contribution in [3.8, 4) is 6.07 Å². The van der Waals surface area contributed by atoms with Crippen LogP contribution in [-0.2, 0) is 6.54 Å². The summed E-state index contributed by atoms with van der Waals surface area (Å²) in [5, 5.41) is 13.3. The minimum atomic E-state index is -1.12. The van der Waals surface area contributed by atoms with Crippen molar-refractivity contribution < 1.29 is 8.78 Å². The summed E-state index contributed by atoms with van der Waals surface area (Å²) in [4.78, 5) is 0.985. The van der Waals surface area contributed by atoms with Gasteiger partial charge >= 0.3 is 0 Å². The molecule has 0 aliphatic carbocycles. The van der Waals surface area contributed by atoms with Crippen LogP contribution in [0.5, 0.6) is 0 Å². The van der Waals surface area contributed by atoms with Gasteiger partial charge in [0.2, 0.25) is 0 Å². The van der Waals surface area contributed by atoms with Gasteiger partial charge in [-0.05, 0) is 39.5 Å². The predicted octanol–water partition coefficient (Wildman–Crippen LogP) is 4.27. The third-order valence-electron chi connectivity index (χ3n) is 2.33. The van der Waals surface area contributed by atoms with E-state index in [9.17, 15) is 8.78 Å². The number of hydrogen-bond acceptors (Lipinski definition) is 3. The first-order valence-corrected chi connectivity index (χ1v) is 6.64. The highest BCUT2D eigenvalue weighted by atomic mass is 79.9. The molecule has 18 heavy (non-hydrogen) atoms. The maximum Gasteiger partial charge on any atom is 0.183 e. The van der Waals surface area contributed by atoms with Crippen LogP contribution < -0.4 is 5.32 Å². The lowest BCUT2D eigenvalue weighted by atomic mass is 10.2. The number of thiophene rings is 1. The summed E-state index contributed by atoms with van der Waals surface area (Å²) in [7, 11) is 0. The molecule has 0 unspecified atom stereocenters. The van der Waals surface area contributed by atoms with E-state index >= 15 is 0 Å². The van der Waals surface area contributed by atoms with E-state index in [0.29, 0.717) is 6.54 Å². The van der Waals surface area contributed by atoms with E-state index in [1.807, 2.05) is 11.4 Å². The largest absolute Gasteiger partial charge is 0.378 e. The van der Waals surface area contributed by atoms with Gasteiger partial charge in [0.05, 0.1) is 17.8 Å². The van der Waals surface area contributed by atoms with Crippen molar-refractivity contribution in [1.29, 1.82) is 5.26 Å². The second-order valence-corrected chi connectivity index (χ2v) is 5.30. The first kappa shape index (κ1) is 13.0. The molecule has 0 bridgehead atoms. The lowest BCUT2D eigenvalue weighted by molar-refractivity contribution is 0.508. The van der Waals surface area contributed by atoms with E-state index in [1.165, 1.54) is 23.5 Å². The second kappa shape index (κ2) is 5.46. The zero-order valence-corrected chi connectivity index (χ0v) is 11.4. The summed E-state index contributed by atoms with van der Waals surface area (Å²) < 4.78 is 27.9. The Morgan fingerprint density at radius 1 is 1.28 bits per heavy atom. The van der Waals surface area contributed by atoms with Crippen LogP contribution in [0.1, 0.15) is 10.4 Å². The molecular formula is C12H7BrF2N2S. The van der Waals surface area contributed by atoms with E-state index in [0.717, 1.165) is 9.35 Å². The first-order chi connectivity index (χ1) is 8.63. The van der Waals surface area contributed by atoms with E-state index in [2.05, 4.69) is 21.2 Å². The van der Waals surface area contributed by atoms with E-state index in [4.69, 9.17) is 5.26 Å². The van der Waals surface area contributed by atoms with Gasteiger partial charge in [-0.15, -0.1) is 11.3 Å². The minimum absolute atomic E-state index is 0.0480. The standard InChI is InChI=1S/C12H7BrF2N2S/c13-8-3-4-18-10(8)6-17-9-2-1-7(5-16)11(14)12(9)15/h1-4,17H,6H2. The molecule has 0 radical (unpaired) electrons. The number of nitriles is 1. The molecular weight excluding hydrogens is 322 g/mol. The van der Waals surface area contributed by atoms with Gasteiger partial charge in [-0.1, -0.05) is 0 Å². The Kier molecular flexibility index (Phi) is 3.94. The van der Waals surface area contributed by atoms with Gasteiger partial charge in [-0.2, -0.15) is 5.26 Å². The van der Waals surface area contributed by atoms with E-state index in [1.54, 1.807) is 6.07 Å². The Bertz CT molecular complexity index is 619. The highest BCUT2D eigenvalue weighted by molar-refractivity contribution is 9.10. The maximum atomic E-state index is 13.6. The molecule has 0 aliphatic rings. The molecule has 92 valence electrons. The van der Waals surface area contributed by atoms with Crippen LogP contribution >= 0.6 is 27.3 Å². The van der Waals surface area contributed by atoms with Crippen molar-refractivity contribution in [2.45, 2.75) is 6.54 Å². The first-order valence-electron chi connectivity index (χ1n) is 4.97. The molecule has 0 spiro atoms. The molecule has 1 aromatic carbocycles. The molecule has 2 nitrogen and oxygen atoms in total. The zero-order chi connectivity index (χ0) is 13.1. The molecule has 0 fully saturated rings. The van der Waals surface area contributed by atoms with Gasteiger partial charge in [-0.3, -0.25) is 0 Å². The van der Waals surface area contributed by atoms with Gasteiger partial charge in [-0.25, -0.2) is 8.78 Å². The molecule has 0 amide bonds. The van der Waals surface area contributed by atoms with Crippen LogP contribution in [0, 0.1) is 23.0 Å². The Labute approximate surface area is 115 Å². The number of anilines is 1. The summed E-state index contributed by atoms with van der Waals surface area (Å²) >= 11 is 4.86. The van der Waals surface area contributed by atoms with E-state index in [-0.39, 0.29) is 11.3 Å². The fraction of sp³-hybridized carbons (Fsp3) is 0.0833. The monoisotopic (exact) mass is 328 g/mol. The van der Waals surface area contributed by atoms with Crippen molar-refractivity contribution in [3.63, 3.8) is 0 Å². The fourth-order valence-corrected chi connectivity index (χ4v) is 2.83. The van der Waals surface area contributed by atoms with E-state index < -0.39 is 11.6 Å². The number of nitrogens with one attached hydrogen (secondary N) is 1. The van der Waals surface area contributed by atoms with Crippen molar-refractivity contribution in [2.24, 2.45) is 0 Å². The topological polar surface area (TPSA) is 35.8 Å². The average Bonchev–Trinajstić information content (AvgIpc) is 2.77. The fourth-order valence-electron chi connectivity index (χ4n) is 1.40. The van der Waals surface area contributed by atoms with Crippen molar-refractivity contribution in [3.05, 3.63) is 50.1 Å². The smallest absolute Gasteiger partial charge is 0.183 e. The summed E-state index contributed by atoms with van der Waals surface area (Å²) in [5.41, 5.74) is -0.248. The summed E-state index contributed by atoms with van der Waals surface area (Å²) in [6.07, 6.45) is 0. The Morgan fingerprint density at radius 2 is 2.06 bits per heavy atom. The average molecular weight is 329 g/mol. The van der Waals surface area contributed by atoms with Crippen molar-refractivity contribution in [1.82, 2.24) is 0 Å². The highest BCUT2D eigenvalue weighted by Gasteiger charge is 2.13. The van der Waals surface area contributed by atoms with Gasteiger partial charge < -0.3 is 5.32 Å². The summed E-state index contributed by atoms with van der Waals surface area (Å²) in [6, 6.07) is 6.09. The van der Waals surface area contributed by atoms with Gasteiger partial charge in [0.1, 0.15) is 6.07 Å². The number of benzene rings is 1. The molecule has 0 aliphatic heterocycles. The van der Waals surface area contributed by atoms with Crippen LogP contribution in [0.3, 0.4) is 0 Å². The van der Waals surface area contributed by atoms with Crippen LogP contribution in [0.15, 0.2) is 28.1 Å². The lowest BCUT2D eigenvalue weighted by Gasteiger charge is -2.07. The molecule has 1 aromatic heterocycles. The molecule has 1 heterocycles. The van der Waals surface area contributed by atoms with Crippen LogP contribution in [-0.4, -0.2) is 0 Å². The molecule has 0 saturated carbocycles. The number of nitrogens with zero attached hydrogens (tertiary/aromatic N) is 1. The van der Waals surface area contributed by atoms with Crippen molar-refractivity contribution >= 4 is 33.0 Å². The van der Waals surface area contributed by atoms with Crippen LogP contribution in [0.4, 0.5) is 14.5 Å². The summed E-state index contributed by atoms with van der Waals surface area (Å²) in [6.45, 7) is 0.389. The van der Waals surface area contributed by atoms with Gasteiger partial charge in [0.15, 0.2) is 11.6 Å². The SMILES string of the molecule is N#Cc1ccc(NCc2sccc2Br)c(F)c1F. The molecule has 6 heteroatoms. The second-order valence-electron chi connectivity index (χ2n) is 3.45. The van der Waals surface area contributed by atoms with Crippen LogP contribution in [0.25, 0.3) is 0 Å². The maximum absolute atomic E-state index is 13.6. The predicted molar refractivity (Wildman–Crippen MR) is 70.4 cm³/mol. The number of hydrogen-bond donors (Lipinski definition) is 1. The van der Waals surface area contributed by atoms with Crippen molar-refractivity contribution in [2.75, 3.05) is 5.32 Å². The molecule has 0 saturated heterocycles. The molecule has 0 atom stereocenters. The Balaban J connectivity index is 2.19. The minimum Gasteiger partial charge on any atom is -0.378 e. The van der Waals surface area contributed by atoms with Crippen LogP contribution in [0.2, 0.25) is 0 Å². The zero-order valence-electron chi connectivity index (χ0n) is 9.01. The Morgan fingerprint density at radius 3 is 2.67 bits per heavy atom. The molecule has 2 rings (SSSR count). The lowest BCUT2D eigenvalue weighted by Crippen LogP contribution is -2.03. The summed E-state index contributed by atoms with van der Waals surface area (Å²) in [5.74, 6) is -2.14. The number of rotatable bonds is 3. The van der Waals surface area contributed by atoms with Gasteiger partial charge in [0.25, 0.3) is 0 Å². The highest BCUT2D eigenvalue weighted by Crippen LogP contribution is 2.25. The molecule has 1 N–H and O–H groups in total. The quantitative estimate of drug-likeness (QED) is 0.913. The molecule has 2 aromatic rings. The van der Waals surface area contributed by atoms with Gasteiger partial charge in [0, 0.05) is 9.35 Å². The Hall–Kier alpha value is -1.45. The number of halogens is 3. The normalized spacial score (nSPS) is 10.1. The third-order valence-corrected chi connectivity index (χ3v) is 4.26.